The molecule has 0 radical (unpaired) electrons. The van der Waals surface area contributed by atoms with Crippen molar-refractivity contribution in [2.75, 3.05) is 6.79 Å². The van der Waals surface area contributed by atoms with Crippen molar-refractivity contribution in [1.29, 1.82) is 0 Å². The molecule has 3 rings (SSSR count). The van der Waals surface area contributed by atoms with Crippen molar-refractivity contribution < 1.29 is 14.6 Å². The van der Waals surface area contributed by atoms with Gasteiger partial charge in [0, 0.05) is 16.1 Å². The van der Waals surface area contributed by atoms with Gasteiger partial charge in [-0.15, -0.1) is 0 Å². The molecule has 0 aliphatic carbocycles. The molecule has 0 atom stereocenters. The maximum absolute atomic E-state index is 9.95. The molecule has 0 bridgehead atoms. The van der Waals surface area contributed by atoms with E-state index in [1.807, 2.05) is 24.3 Å². The van der Waals surface area contributed by atoms with Crippen LogP contribution in [0.3, 0.4) is 0 Å². The van der Waals surface area contributed by atoms with E-state index in [1.165, 1.54) is 0 Å². The Hall–Kier alpha value is -1.68. The monoisotopic (exact) mass is 292 g/mol. The van der Waals surface area contributed by atoms with Crippen LogP contribution in [-0.2, 0) is 0 Å². The lowest BCUT2D eigenvalue weighted by atomic mass is 10.0. The SMILES string of the molecule is Oc1cc2c(cc1-c1ccc(Br)cc1)OCO2. The number of phenolic OH excluding ortho intramolecular Hbond substituents is 1. The van der Waals surface area contributed by atoms with Crippen LogP contribution < -0.4 is 9.47 Å². The lowest BCUT2D eigenvalue weighted by Gasteiger charge is -2.06. The molecule has 0 fully saturated rings. The number of benzene rings is 2. The molecule has 0 aromatic heterocycles. The number of hydrogen-bond acceptors (Lipinski definition) is 3. The van der Waals surface area contributed by atoms with E-state index >= 15 is 0 Å². The van der Waals surface area contributed by atoms with Crippen LogP contribution in [0.15, 0.2) is 40.9 Å². The minimum atomic E-state index is 0.191. The Morgan fingerprint density at radius 2 is 1.65 bits per heavy atom. The summed E-state index contributed by atoms with van der Waals surface area (Å²) in [6, 6.07) is 11.1. The third-order valence-corrected chi connectivity index (χ3v) is 3.17. The van der Waals surface area contributed by atoms with Gasteiger partial charge in [-0.2, -0.15) is 0 Å². The van der Waals surface area contributed by atoms with E-state index in [1.54, 1.807) is 12.1 Å². The number of fused-ring (bicyclic) bond motifs is 1. The van der Waals surface area contributed by atoms with Gasteiger partial charge >= 0.3 is 0 Å². The second-order valence-electron chi connectivity index (χ2n) is 3.73. The quantitative estimate of drug-likeness (QED) is 0.874. The highest BCUT2D eigenvalue weighted by atomic mass is 79.9. The van der Waals surface area contributed by atoms with Gasteiger partial charge in [0.1, 0.15) is 5.75 Å². The topological polar surface area (TPSA) is 38.7 Å². The van der Waals surface area contributed by atoms with Crippen molar-refractivity contribution >= 4 is 15.9 Å². The van der Waals surface area contributed by atoms with Crippen LogP contribution in [0, 0.1) is 0 Å². The summed E-state index contributed by atoms with van der Waals surface area (Å²) in [7, 11) is 0. The van der Waals surface area contributed by atoms with E-state index in [0.29, 0.717) is 11.5 Å². The Morgan fingerprint density at radius 1 is 1.00 bits per heavy atom. The normalized spacial score (nSPS) is 12.8. The molecule has 86 valence electrons. The van der Waals surface area contributed by atoms with E-state index in [9.17, 15) is 5.11 Å². The van der Waals surface area contributed by atoms with Crippen molar-refractivity contribution in [2.24, 2.45) is 0 Å². The zero-order valence-electron chi connectivity index (χ0n) is 8.81. The Balaban J connectivity index is 2.11. The summed E-state index contributed by atoms with van der Waals surface area (Å²) in [5.41, 5.74) is 1.67. The fourth-order valence-electron chi connectivity index (χ4n) is 1.79. The molecule has 1 aliphatic rings. The Kier molecular flexibility index (Phi) is 2.44. The molecule has 1 heterocycles. The second-order valence-corrected chi connectivity index (χ2v) is 4.65. The maximum atomic E-state index is 9.95. The smallest absolute Gasteiger partial charge is 0.231 e. The zero-order valence-corrected chi connectivity index (χ0v) is 10.4. The fraction of sp³-hybridized carbons (Fsp3) is 0.0769. The number of rotatable bonds is 1. The predicted octanol–water partition coefficient (Wildman–Crippen LogP) is 3.55. The standard InChI is InChI=1S/C13H9BrO3/c14-9-3-1-8(2-4-9)10-5-12-13(6-11(10)15)17-7-16-12/h1-6,15H,7H2. The molecule has 1 aliphatic heterocycles. The molecule has 0 unspecified atom stereocenters. The summed E-state index contributed by atoms with van der Waals surface area (Å²) in [4.78, 5) is 0. The average Bonchev–Trinajstić information content (AvgIpc) is 2.76. The first-order valence-corrected chi connectivity index (χ1v) is 5.92. The van der Waals surface area contributed by atoms with Gasteiger partial charge in [0.05, 0.1) is 0 Å². The third kappa shape index (κ3) is 1.85. The Bertz CT molecular complexity index is 564. The van der Waals surface area contributed by atoms with E-state index in [-0.39, 0.29) is 12.5 Å². The van der Waals surface area contributed by atoms with Gasteiger partial charge in [-0.3, -0.25) is 0 Å². The Labute approximate surface area is 107 Å². The minimum Gasteiger partial charge on any atom is -0.507 e. The molecule has 2 aromatic carbocycles. The number of ether oxygens (including phenoxy) is 2. The van der Waals surface area contributed by atoms with E-state index in [4.69, 9.17) is 9.47 Å². The summed E-state index contributed by atoms with van der Waals surface area (Å²) < 4.78 is 11.5. The molecule has 2 aromatic rings. The second kappa shape index (κ2) is 3.96. The molecule has 4 heteroatoms. The van der Waals surface area contributed by atoms with Gasteiger partial charge < -0.3 is 14.6 Å². The lowest BCUT2D eigenvalue weighted by molar-refractivity contribution is 0.174. The van der Waals surface area contributed by atoms with Gasteiger partial charge in [-0.1, -0.05) is 28.1 Å². The van der Waals surface area contributed by atoms with Gasteiger partial charge in [-0.05, 0) is 23.8 Å². The van der Waals surface area contributed by atoms with Crippen LogP contribution in [0.1, 0.15) is 0 Å². The first-order valence-electron chi connectivity index (χ1n) is 5.12. The molecule has 17 heavy (non-hydrogen) atoms. The Morgan fingerprint density at radius 3 is 2.35 bits per heavy atom. The van der Waals surface area contributed by atoms with Crippen LogP contribution in [0.25, 0.3) is 11.1 Å². The summed E-state index contributed by atoms with van der Waals surface area (Å²) in [5.74, 6) is 1.45. The fourth-order valence-corrected chi connectivity index (χ4v) is 2.06. The van der Waals surface area contributed by atoms with Crippen LogP contribution in [0.2, 0.25) is 0 Å². The minimum absolute atomic E-state index is 0.191. The third-order valence-electron chi connectivity index (χ3n) is 2.65. The van der Waals surface area contributed by atoms with Crippen molar-refractivity contribution in [2.45, 2.75) is 0 Å². The molecule has 3 nitrogen and oxygen atoms in total. The molecule has 0 saturated heterocycles. The number of halogens is 1. The van der Waals surface area contributed by atoms with Crippen molar-refractivity contribution in [3.8, 4) is 28.4 Å². The molecule has 1 N–H and O–H groups in total. The van der Waals surface area contributed by atoms with E-state index in [2.05, 4.69) is 15.9 Å². The van der Waals surface area contributed by atoms with E-state index in [0.717, 1.165) is 15.6 Å². The predicted molar refractivity (Wildman–Crippen MR) is 67.4 cm³/mol. The lowest BCUT2D eigenvalue weighted by Crippen LogP contribution is -1.92. The highest BCUT2D eigenvalue weighted by Crippen LogP contribution is 2.41. The van der Waals surface area contributed by atoms with Gasteiger partial charge in [-0.25, -0.2) is 0 Å². The number of hydrogen-bond donors (Lipinski definition) is 1. The largest absolute Gasteiger partial charge is 0.507 e. The van der Waals surface area contributed by atoms with Crippen LogP contribution in [0.4, 0.5) is 0 Å². The number of phenols is 1. The number of aromatic hydroxyl groups is 1. The highest BCUT2D eigenvalue weighted by molar-refractivity contribution is 9.10. The van der Waals surface area contributed by atoms with Crippen molar-refractivity contribution in [3.63, 3.8) is 0 Å². The van der Waals surface area contributed by atoms with Crippen LogP contribution >= 0.6 is 15.9 Å². The van der Waals surface area contributed by atoms with E-state index < -0.39 is 0 Å². The summed E-state index contributed by atoms with van der Waals surface area (Å²) in [6.45, 7) is 0.207. The average molecular weight is 293 g/mol. The maximum Gasteiger partial charge on any atom is 0.231 e. The van der Waals surface area contributed by atoms with Gasteiger partial charge in [0.2, 0.25) is 6.79 Å². The summed E-state index contributed by atoms with van der Waals surface area (Å²) in [5, 5.41) is 9.95. The van der Waals surface area contributed by atoms with Crippen LogP contribution in [0.5, 0.6) is 17.2 Å². The molecular formula is C13H9BrO3. The highest BCUT2D eigenvalue weighted by Gasteiger charge is 2.17. The van der Waals surface area contributed by atoms with Gasteiger partial charge in [0.15, 0.2) is 11.5 Å². The summed E-state index contributed by atoms with van der Waals surface area (Å²) in [6.07, 6.45) is 0. The first-order chi connectivity index (χ1) is 8.24. The van der Waals surface area contributed by atoms with Crippen LogP contribution in [-0.4, -0.2) is 11.9 Å². The van der Waals surface area contributed by atoms with Crippen molar-refractivity contribution in [3.05, 3.63) is 40.9 Å². The molecular weight excluding hydrogens is 284 g/mol. The summed E-state index contributed by atoms with van der Waals surface area (Å²) >= 11 is 3.38. The zero-order chi connectivity index (χ0) is 11.8. The van der Waals surface area contributed by atoms with Crippen molar-refractivity contribution in [1.82, 2.24) is 0 Å². The molecule has 0 amide bonds. The first kappa shape index (κ1) is 10.5. The van der Waals surface area contributed by atoms with Gasteiger partial charge in [0.25, 0.3) is 0 Å². The molecule has 0 saturated carbocycles. The molecule has 0 spiro atoms.